The number of nitrogens with zero attached hydrogens (tertiary/aromatic N) is 1. The number of amides is 3. The van der Waals surface area contributed by atoms with E-state index in [1.54, 1.807) is 24.3 Å². The smallest absolute Gasteiger partial charge is 0.475 e. The van der Waals surface area contributed by atoms with Crippen LogP contribution in [0.25, 0.3) is 0 Å². The molecule has 0 radical (unpaired) electrons. The first-order valence-electron chi connectivity index (χ1n) is 8.61. The van der Waals surface area contributed by atoms with Gasteiger partial charge in [-0.1, -0.05) is 0 Å². The van der Waals surface area contributed by atoms with E-state index in [0.29, 0.717) is 24.2 Å². The van der Waals surface area contributed by atoms with Crippen LogP contribution in [0.1, 0.15) is 18.4 Å². The highest BCUT2D eigenvalue weighted by Crippen LogP contribution is 2.23. The van der Waals surface area contributed by atoms with Crippen molar-refractivity contribution in [2.24, 2.45) is 11.5 Å². The summed E-state index contributed by atoms with van der Waals surface area (Å²) in [5.41, 5.74) is 11.5. The molecule has 0 aliphatic carbocycles. The summed E-state index contributed by atoms with van der Waals surface area (Å²) in [4.78, 5) is 44.9. The minimum Gasteiger partial charge on any atom is -0.475 e. The number of alkyl halides is 3. The van der Waals surface area contributed by atoms with Gasteiger partial charge in [-0.15, -0.1) is 0 Å². The molecule has 1 unspecified atom stereocenters. The number of esters is 1. The second-order valence-electron chi connectivity index (χ2n) is 6.06. The van der Waals surface area contributed by atoms with Gasteiger partial charge in [-0.2, -0.15) is 13.2 Å². The van der Waals surface area contributed by atoms with E-state index in [4.69, 9.17) is 31.5 Å². The van der Waals surface area contributed by atoms with Gasteiger partial charge in [-0.3, -0.25) is 15.0 Å². The highest BCUT2D eigenvalue weighted by Gasteiger charge is 2.38. The van der Waals surface area contributed by atoms with Crippen LogP contribution in [-0.2, 0) is 19.1 Å². The average Bonchev–Trinajstić information content (AvgIpc) is 3.01. The number of ether oxygens (including phenoxy) is 1. The van der Waals surface area contributed by atoms with Crippen LogP contribution in [0.3, 0.4) is 0 Å². The minimum absolute atomic E-state index is 0.0503. The van der Waals surface area contributed by atoms with Crippen molar-refractivity contribution < 1.29 is 42.2 Å². The Balaban J connectivity index is 0.000000592. The van der Waals surface area contributed by atoms with Gasteiger partial charge in [-0.25, -0.2) is 9.59 Å². The van der Waals surface area contributed by atoms with E-state index in [1.165, 1.54) is 4.90 Å². The van der Waals surface area contributed by atoms with Crippen molar-refractivity contribution in [1.29, 1.82) is 5.41 Å². The summed E-state index contributed by atoms with van der Waals surface area (Å²) in [6, 6.07) is 5.96. The number of hydrogen-bond acceptors (Lipinski definition) is 6. The number of carbonyl (C=O) groups excluding carboxylic acids is 3. The fourth-order valence-electron chi connectivity index (χ4n) is 2.35. The Hall–Kier alpha value is -3.84. The molecule has 7 N–H and O–H groups in total. The molecule has 1 saturated heterocycles. The maximum absolute atomic E-state index is 12.3. The molecule has 1 aromatic rings. The van der Waals surface area contributed by atoms with E-state index in [0.717, 1.165) is 0 Å². The molecule has 3 amide bonds. The number of halogens is 3. The molecule has 0 saturated carbocycles. The SMILES string of the molecule is N=C(N)c1ccc(N2CCC(OC(=O)CCNC(N)=O)C2=O)cc1.O=C(O)C(F)(F)F. The van der Waals surface area contributed by atoms with Crippen LogP contribution in [-0.4, -0.2) is 60.2 Å². The van der Waals surface area contributed by atoms with Crippen LogP contribution in [0.2, 0.25) is 0 Å². The van der Waals surface area contributed by atoms with Gasteiger partial charge in [-0.05, 0) is 24.3 Å². The summed E-state index contributed by atoms with van der Waals surface area (Å²) >= 11 is 0. The van der Waals surface area contributed by atoms with E-state index in [9.17, 15) is 27.6 Å². The second kappa shape index (κ2) is 10.8. The standard InChI is InChI=1S/C15H19N5O4.C2HF3O2/c16-13(17)9-1-3-10(4-2-9)20-8-6-11(14(20)22)24-12(21)5-7-19-15(18)23;3-2(4,5)1(6)7/h1-4,11H,5-8H2,(H3,16,17)(H3,18,19,23);(H,6,7). The van der Waals surface area contributed by atoms with Gasteiger partial charge in [0.15, 0.2) is 6.10 Å². The Labute approximate surface area is 173 Å². The van der Waals surface area contributed by atoms with Crippen molar-refractivity contribution in [2.75, 3.05) is 18.0 Å². The van der Waals surface area contributed by atoms with Crippen molar-refractivity contribution in [2.45, 2.75) is 25.1 Å². The topological polar surface area (TPSA) is 189 Å². The lowest BCUT2D eigenvalue weighted by Crippen LogP contribution is -2.34. The molecule has 1 fully saturated rings. The van der Waals surface area contributed by atoms with Crippen LogP contribution in [0.15, 0.2) is 24.3 Å². The summed E-state index contributed by atoms with van der Waals surface area (Å²) < 4.78 is 36.9. The summed E-state index contributed by atoms with van der Waals surface area (Å²) in [6.45, 7) is 0.487. The third-order valence-electron chi connectivity index (χ3n) is 3.79. The predicted octanol–water partition coefficient (Wildman–Crippen LogP) is 0.311. The summed E-state index contributed by atoms with van der Waals surface area (Å²) in [5, 5.41) is 16.8. The number of nitrogens with one attached hydrogen (secondary N) is 2. The lowest BCUT2D eigenvalue weighted by Gasteiger charge is -2.17. The molecule has 14 heteroatoms. The van der Waals surface area contributed by atoms with Crippen LogP contribution in [0.5, 0.6) is 0 Å². The van der Waals surface area contributed by atoms with Gasteiger partial charge in [0.05, 0.1) is 6.42 Å². The number of primary amides is 1. The molecule has 170 valence electrons. The average molecular weight is 447 g/mol. The Morgan fingerprint density at radius 1 is 1.23 bits per heavy atom. The lowest BCUT2D eigenvalue weighted by atomic mass is 10.2. The molecule has 11 nitrogen and oxygen atoms in total. The van der Waals surface area contributed by atoms with Crippen molar-refractivity contribution in [3.05, 3.63) is 29.8 Å². The van der Waals surface area contributed by atoms with E-state index in [1.807, 2.05) is 0 Å². The molecule has 0 bridgehead atoms. The molecular weight excluding hydrogens is 427 g/mol. The highest BCUT2D eigenvalue weighted by molar-refractivity contribution is 6.00. The first-order chi connectivity index (χ1) is 14.3. The fraction of sp³-hybridized carbons (Fsp3) is 0.353. The van der Waals surface area contributed by atoms with Gasteiger partial charge in [0.1, 0.15) is 5.84 Å². The number of anilines is 1. The number of nitrogens with two attached hydrogens (primary N) is 2. The number of amidine groups is 1. The summed E-state index contributed by atoms with van der Waals surface area (Å²) in [5.74, 6) is -3.68. The van der Waals surface area contributed by atoms with E-state index < -0.39 is 30.2 Å². The Bertz CT molecular complexity index is 844. The molecule has 31 heavy (non-hydrogen) atoms. The quantitative estimate of drug-likeness (QED) is 0.235. The highest BCUT2D eigenvalue weighted by atomic mass is 19.4. The van der Waals surface area contributed by atoms with Crippen LogP contribution in [0.4, 0.5) is 23.7 Å². The van der Waals surface area contributed by atoms with E-state index in [2.05, 4.69) is 5.32 Å². The van der Waals surface area contributed by atoms with Crippen LogP contribution < -0.4 is 21.7 Å². The van der Waals surface area contributed by atoms with Crippen molar-refractivity contribution >= 4 is 35.4 Å². The van der Waals surface area contributed by atoms with E-state index in [-0.39, 0.29) is 24.7 Å². The Morgan fingerprint density at radius 2 is 1.77 bits per heavy atom. The molecule has 1 aliphatic rings. The first-order valence-corrected chi connectivity index (χ1v) is 8.61. The molecule has 2 rings (SSSR count). The fourth-order valence-corrected chi connectivity index (χ4v) is 2.35. The predicted molar refractivity (Wildman–Crippen MR) is 100 cm³/mol. The third kappa shape index (κ3) is 8.20. The number of aliphatic carboxylic acids is 1. The van der Waals surface area contributed by atoms with Gasteiger partial charge in [0.25, 0.3) is 5.91 Å². The molecule has 1 heterocycles. The number of rotatable bonds is 6. The van der Waals surface area contributed by atoms with Crippen LogP contribution in [0, 0.1) is 5.41 Å². The van der Waals surface area contributed by atoms with Crippen LogP contribution >= 0.6 is 0 Å². The number of benzene rings is 1. The normalized spacial score (nSPS) is 15.5. The van der Waals surface area contributed by atoms with Gasteiger partial charge in [0, 0.05) is 30.8 Å². The number of carbonyl (C=O) groups is 4. The van der Waals surface area contributed by atoms with Crippen molar-refractivity contribution in [3.63, 3.8) is 0 Å². The van der Waals surface area contributed by atoms with E-state index >= 15 is 0 Å². The van der Waals surface area contributed by atoms with Gasteiger partial charge in [0.2, 0.25) is 0 Å². The Kier molecular flexibility index (Phi) is 8.78. The zero-order valence-electron chi connectivity index (χ0n) is 15.9. The maximum Gasteiger partial charge on any atom is 0.490 e. The molecule has 0 spiro atoms. The second-order valence-corrected chi connectivity index (χ2v) is 6.06. The summed E-state index contributed by atoms with van der Waals surface area (Å²) in [6.07, 6.45) is -5.58. The zero-order chi connectivity index (χ0) is 23.8. The number of hydrogen-bond donors (Lipinski definition) is 5. The molecular formula is C17H20F3N5O6. The first kappa shape index (κ1) is 25.2. The maximum atomic E-state index is 12.3. The van der Waals surface area contributed by atoms with Gasteiger partial charge < -0.3 is 31.5 Å². The number of carboxylic acid groups (broad SMARTS) is 1. The molecule has 1 aliphatic heterocycles. The molecule has 1 aromatic carbocycles. The largest absolute Gasteiger partial charge is 0.490 e. The zero-order valence-corrected chi connectivity index (χ0v) is 15.9. The van der Waals surface area contributed by atoms with Gasteiger partial charge >= 0.3 is 24.1 Å². The number of nitrogen functional groups attached to an aromatic ring is 1. The molecule has 0 aromatic heterocycles. The lowest BCUT2D eigenvalue weighted by molar-refractivity contribution is -0.192. The number of urea groups is 1. The van der Waals surface area contributed by atoms with Crippen molar-refractivity contribution in [1.82, 2.24) is 5.32 Å². The van der Waals surface area contributed by atoms with Crippen molar-refractivity contribution in [3.8, 4) is 0 Å². The third-order valence-corrected chi connectivity index (χ3v) is 3.79. The molecule has 1 atom stereocenters. The monoisotopic (exact) mass is 447 g/mol. The minimum atomic E-state index is -5.08. The Morgan fingerprint density at radius 3 is 2.23 bits per heavy atom. The summed E-state index contributed by atoms with van der Waals surface area (Å²) in [7, 11) is 0. The number of carboxylic acids is 1.